The van der Waals surface area contributed by atoms with Crippen molar-refractivity contribution in [2.24, 2.45) is 0 Å². The SMILES string of the molecule is COc1ccc(OC)c(Nc2cc(C(=O)Nc3ccc(C)c(C)c3)ccn2)c1. The van der Waals surface area contributed by atoms with Gasteiger partial charge in [-0.2, -0.15) is 0 Å². The van der Waals surface area contributed by atoms with Gasteiger partial charge in [0.1, 0.15) is 17.3 Å². The van der Waals surface area contributed by atoms with Crippen LogP contribution in [0.15, 0.2) is 54.7 Å². The molecule has 0 aliphatic rings. The standard InChI is InChI=1S/C22H23N3O3/c1-14-5-6-17(11-15(14)2)24-22(26)16-9-10-23-21(12-16)25-19-13-18(27-3)7-8-20(19)28-4/h5-13H,1-4H3,(H,23,25)(H,24,26). The predicted octanol–water partition coefficient (Wildman–Crippen LogP) is 4.71. The van der Waals surface area contributed by atoms with E-state index in [1.807, 2.05) is 44.2 Å². The summed E-state index contributed by atoms with van der Waals surface area (Å²) in [6.45, 7) is 4.05. The van der Waals surface area contributed by atoms with E-state index in [4.69, 9.17) is 9.47 Å². The number of rotatable bonds is 6. The van der Waals surface area contributed by atoms with E-state index in [0.29, 0.717) is 28.6 Å². The first-order valence-corrected chi connectivity index (χ1v) is 8.84. The summed E-state index contributed by atoms with van der Waals surface area (Å²) in [6.07, 6.45) is 1.59. The summed E-state index contributed by atoms with van der Waals surface area (Å²) in [5.74, 6) is 1.66. The first-order chi connectivity index (χ1) is 13.5. The minimum Gasteiger partial charge on any atom is -0.497 e. The van der Waals surface area contributed by atoms with E-state index in [1.165, 1.54) is 5.56 Å². The Bertz CT molecular complexity index is 1000. The highest BCUT2D eigenvalue weighted by Gasteiger charge is 2.10. The van der Waals surface area contributed by atoms with Gasteiger partial charge < -0.3 is 20.1 Å². The van der Waals surface area contributed by atoms with Crippen molar-refractivity contribution in [1.82, 2.24) is 4.98 Å². The van der Waals surface area contributed by atoms with Gasteiger partial charge in [0, 0.05) is 23.5 Å². The third kappa shape index (κ3) is 4.40. The van der Waals surface area contributed by atoms with Crippen molar-refractivity contribution >= 4 is 23.1 Å². The van der Waals surface area contributed by atoms with Crippen LogP contribution in [-0.4, -0.2) is 25.1 Å². The van der Waals surface area contributed by atoms with Crippen molar-refractivity contribution < 1.29 is 14.3 Å². The molecular formula is C22H23N3O3. The fraction of sp³-hybridized carbons (Fsp3) is 0.182. The molecule has 0 bridgehead atoms. The summed E-state index contributed by atoms with van der Waals surface area (Å²) in [5, 5.41) is 6.10. The lowest BCUT2D eigenvalue weighted by atomic mass is 10.1. The van der Waals surface area contributed by atoms with Crippen molar-refractivity contribution in [3.05, 3.63) is 71.4 Å². The number of ether oxygens (including phenoxy) is 2. The Kier molecular flexibility index (Phi) is 5.79. The molecule has 6 nitrogen and oxygen atoms in total. The summed E-state index contributed by atoms with van der Waals surface area (Å²) in [4.78, 5) is 16.9. The van der Waals surface area contributed by atoms with E-state index < -0.39 is 0 Å². The van der Waals surface area contributed by atoms with Crippen LogP contribution in [0.3, 0.4) is 0 Å². The largest absolute Gasteiger partial charge is 0.497 e. The number of anilines is 3. The van der Waals surface area contributed by atoms with E-state index in [1.54, 1.807) is 38.6 Å². The van der Waals surface area contributed by atoms with E-state index in [0.717, 1.165) is 11.3 Å². The lowest BCUT2D eigenvalue weighted by molar-refractivity contribution is 0.102. The molecule has 0 saturated carbocycles. The third-order valence-electron chi connectivity index (χ3n) is 4.46. The molecule has 3 rings (SSSR count). The number of pyridine rings is 1. The first-order valence-electron chi connectivity index (χ1n) is 8.84. The molecule has 1 amide bonds. The molecule has 28 heavy (non-hydrogen) atoms. The molecule has 0 atom stereocenters. The van der Waals surface area contributed by atoms with Gasteiger partial charge in [0.2, 0.25) is 0 Å². The van der Waals surface area contributed by atoms with Crippen LogP contribution in [0.4, 0.5) is 17.2 Å². The van der Waals surface area contributed by atoms with Gasteiger partial charge in [0.05, 0.1) is 19.9 Å². The zero-order valence-electron chi connectivity index (χ0n) is 16.4. The molecular weight excluding hydrogens is 354 g/mol. The van der Waals surface area contributed by atoms with Crippen molar-refractivity contribution in [2.75, 3.05) is 24.9 Å². The highest BCUT2D eigenvalue weighted by Crippen LogP contribution is 2.31. The summed E-state index contributed by atoms with van der Waals surface area (Å²) < 4.78 is 10.6. The number of nitrogens with one attached hydrogen (secondary N) is 2. The first kappa shape index (κ1) is 19.2. The normalized spacial score (nSPS) is 10.3. The fourth-order valence-corrected chi connectivity index (χ4v) is 2.71. The van der Waals surface area contributed by atoms with E-state index >= 15 is 0 Å². The van der Waals surface area contributed by atoms with Crippen LogP contribution in [0, 0.1) is 13.8 Å². The molecule has 3 aromatic rings. The zero-order valence-corrected chi connectivity index (χ0v) is 16.4. The van der Waals surface area contributed by atoms with Crippen LogP contribution in [-0.2, 0) is 0 Å². The van der Waals surface area contributed by atoms with Gasteiger partial charge in [0.25, 0.3) is 5.91 Å². The molecule has 0 fully saturated rings. The smallest absolute Gasteiger partial charge is 0.255 e. The van der Waals surface area contributed by atoms with Gasteiger partial charge >= 0.3 is 0 Å². The summed E-state index contributed by atoms with van der Waals surface area (Å²) >= 11 is 0. The molecule has 2 aromatic carbocycles. The number of aromatic nitrogens is 1. The Hall–Kier alpha value is -3.54. The molecule has 2 N–H and O–H groups in total. The highest BCUT2D eigenvalue weighted by molar-refractivity contribution is 6.04. The van der Waals surface area contributed by atoms with Gasteiger partial charge in [-0.05, 0) is 61.4 Å². The summed E-state index contributed by atoms with van der Waals surface area (Å²) in [7, 11) is 3.19. The molecule has 0 radical (unpaired) electrons. The average Bonchev–Trinajstić information content (AvgIpc) is 2.71. The Morgan fingerprint density at radius 2 is 1.75 bits per heavy atom. The van der Waals surface area contributed by atoms with Crippen LogP contribution in [0.5, 0.6) is 11.5 Å². The van der Waals surface area contributed by atoms with Crippen LogP contribution in [0.25, 0.3) is 0 Å². The number of hydrogen-bond acceptors (Lipinski definition) is 5. The molecule has 6 heteroatoms. The zero-order chi connectivity index (χ0) is 20.1. The quantitative estimate of drug-likeness (QED) is 0.651. The number of carbonyl (C=O) groups is 1. The lowest BCUT2D eigenvalue weighted by Gasteiger charge is -2.13. The Balaban J connectivity index is 1.80. The monoisotopic (exact) mass is 377 g/mol. The second kappa shape index (κ2) is 8.43. The van der Waals surface area contributed by atoms with Crippen molar-refractivity contribution in [3.8, 4) is 11.5 Å². The van der Waals surface area contributed by atoms with E-state index in [2.05, 4.69) is 15.6 Å². The minimum atomic E-state index is -0.202. The van der Waals surface area contributed by atoms with Crippen LogP contribution in [0.2, 0.25) is 0 Å². The van der Waals surface area contributed by atoms with Gasteiger partial charge in [-0.15, -0.1) is 0 Å². The van der Waals surface area contributed by atoms with Crippen molar-refractivity contribution in [2.45, 2.75) is 13.8 Å². The third-order valence-corrected chi connectivity index (χ3v) is 4.46. The van der Waals surface area contributed by atoms with Gasteiger partial charge in [-0.1, -0.05) is 6.07 Å². The van der Waals surface area contributed by atoms with Gasteiger partial charge in [-0.25, -0.2) is 4.98 Å². The molecule has 0 aliphatic heterocycles. The molecule has 0 saturated heterocycles. The summed E-state index contributed by atoms with van der Waals surface area (Å²) in [5.41, 5.74) is 4.26. The molecule has 0 unspecified atom stereocenters. The maximum absolute atomic E-state index is 12.6. The number of aryl methyl sites for hydroxylation is 2. The van der Waals surface area contributed by atoms with Gasteiger partial charge in [-0.3, -0.25) is 4.79 Å². The number of amides is 1. The van der Waals surface area contributed by atoms with E-state index in [-0.39, 0.29) is 5.91 Å². The number of nitrogens with zero attached hydrogens (tertiary/aromatic N) is 1. The topological polar surface area (TPSA) is 72.5 Å². The predicted molar refractivity (Wildman–Crippen MR) is 111 cm³/mol. The highest BCUT2D eigenvalue weighted by atomic mass is 16.5. The second-order valence-electron chi connectivity index (χ2n) is 6.37. The Morgan fingerprint density at radius 1 is 0.929 bits per heavy atom. The number of benzene rings is 2. The van der Waals surface area contributed by atoms with Crippen LogP contribution >= 0.6 is 0 Å². The summed E-state index contributed by atoms with van der Waals surface area (Å²) in [6, 6.07) is 14.6. The van der Waals surface area contributed by atoms with Crippen LogP contribution < -0.4 is 20.1 Å². The van der Waals surface area contributed by atoms with Crippen molar-refractivity contribution in [3.63, 3.8) is 0 Å². The Morgan fingerprint density at radius 3 is 2.46 bits per heavy atom. The van der Waals surface area contributed by atoms with Gasteiger partial charge in [0.15, 0.2) is 0 Å². The number of hydrogen-bond donors (Lipinski definition) is 2. The molecule has 1 heterocycles. The lowest BCUT2D eigenvalue weighted by Crippen LogP contribution is -2.12. The van der Waals surface area contributed by atoms with E-state index in [9.17, 15) is 4.79 Å². The van der Waals surface area contributed by atoms with Crippen molar-refractivity contribution in [1.29, 1.82) is 0 Å². The minimum absolute atomic E-state index is 0.202. The molecule has 144 valence electrons. The number of methoxy groups -OCH3 is 2. The second-order valence-corrected chi connectivity index (χ2v) is 6.37. The average molecular weight is 377 g/mol. The van der Waals surface area contributed by atoms with Crippen LogP contribution in [0.1, 0.15) is 21.5 Å². The molecule has 1 aromatic heterocycles. The maximum Gasteiger partial charge on any atom is 0.255 e. The fourth-order valence-electron chi connectivity index (χ4n) is 2.71. The molecule has 0 aliphatic carbocycles. The Labute approximate surface area is 164 Å². The number of carbonyl (C=O) groups excluding carboxylic acids is 1. The maximum atomic E-state index is 12.6. The molecule has 0 spiro atoms.